The third-order valence-electron chi connectivity index (χ3n) is 3.57. The fourth-order valence-corrected chi connectivity index (χ4v) is 2.57. The monoisotopic (exact) mass is 241 g/mol. The summed E-state index contributed by atoms with van der Waals surface area (Å²) in [5, 5.41) is 0. The fraction of sp³-hybridized carbons (Fsp3) is 0.400. The van der Waals surface area contributed by atoms with Crippen molar-refractivity contribution in [2.24, 2.45) is 0 Å². The number of aromatic nitrogens is 2. The van der Waals surface area contributed by atoms with Crippen LogP contribution >= 0.6 is 0 Å². The lowest BCUT2D eigenvalue weighted by Crippen LogP contribution is -2.22. The molecule has 0 aliphatic carbocycles. The molecule has 0 radical (unpaired) electrons. The molecule has 2 heterocycles. The Balaban J connectivity index is 1.68. The summed E-state index contributed by atoms with van der Waals surface area (Å²) in [4.78, 5) is 6.89. The first-order chi connectivity index (χ1) is 8.93. The van der Waals surface area contributed by atoms with E-state index in [2.05, 4.69) is 51.0 Å². The molecular weight excluding hydrogens is 222 g/mol. The molecule has 0 bridgehead atoms. The minimum Gasteiger partial charge on any atom is -0.342 e. The normalized spacial score (nSPS) is 15.2. The topological polar surface area (TPSA) is 21.1 Å². The number of rotatable bonds is 4. The molecule has 0 amide bonds. The van der Waals surface area contributed by atoms with Crippen LogP contribution in [0.2, 0.25) is 0 Å². The Hall–Kier alpha value is -1.77. The van der Waals surface area contributed by atoms with Crippen LogP contribution in [0.1, 0.15) is 18.4 Å². The maximum Gasteiger partial charge on any atom is 0.205 e. The van der Waals surface area contributed by atoms with Gasteiger partial charge in [0.1, 0.15) is 0 Å². The van der Waals surface area contributed by atoms with E-state index in [9.17, 15) is 0 Å². The van der Waals surface area contributed by atoms with Gasteiger partial charge in [0.2, 0.25) is 5.95 Å². The Kier molecular flexibility index (Phi) is 3.31. The first-order valence-electron chi connectivity index (χ1n) is 6.73. The van der Waals surface area contributed by atoms with Crippen molar-refractivity contribution in [2.75, 3.05) is 18.0 Å². The second kappa shape index (κ2) is 5.25. The summed E-state index contributed by atoms with van der Waals surface area (Å²) in [6, 6.07) is 10.6. The number of benzene rings is 1. The van der Waals surface area contributed by atoms with E-state index in [4.69, 9.17) is 0 Å². The zero-order valence-corrected chi connectivity index (χ0v) is 10.6. The molecule has 18 heavy (non-hydrogen) atoms. The van der Waals surface area contributed by atoms with Crippen molar-refractivity contribution in [1.82, 2.24) is 9.55 Å². The SMILES string of the molecule is c1ccc(CCn2ccnc2N2CCCC2)cc1. The van der Waals surface area contributed by atoms with Crippen molar-refractivity contribution in [3.63, 3.8) is 0 Å². The molecule has 0 unspecified atom stereocenters. The van der Waals surface area contributed by atoms with E-state index in [1.54, 1.807) is 0 Å². The molecule has 3 heteroatoms. The van der Waals surface area contributed by atoms with Crippen molar-refractivity contribution < 1.29 is 0 Å². The lowest BCUT2D eigenvalue weighted by molar-refractivity contribution is 0.679. The quantitative estimate of drug-likeness (QED) is 0.820. The summed E-state index contributed by atoms with van der Waals surface area (Å²) < 4.78 is 2.28. The van der Waals surface area contributed by atoms with Gasteiger partial charge >= 0.3 is 0 Å². The highest BCUT2D eigenvalue weighted by Gasteiger charge is 2.16. The first-order valence-corrected chi connectivity index (χ1v) is 6.73. The standard InChI is InChI=1S/C15H19N3/c1-2-6-14(7-3-1)8-12-18-13-9-16-15(18)17-10-4-5-11-17/h1-3,6-7,9,13H,4-5,8,10-12H2. The molecule has 1 saturated heterocycles. The Morgan fingerprint density at radius 1 is 1.06 bits per heavy atom. The summed E-state index contributed by atoms with van der Waals surface area (Å²) in [6.07, 6.45) is 7.67. The summed E-state index contributed by atoms with van der Waals surface area (Å²) in [5.74, 6) is 1.14. The smallest absolute Gasteiger partial charge is 0.205 e. The Morgan fingerprint density at radius 2 is 1.83 bits per heavy atom. The highest BCUT2D eigenvalue weighted by atomic mass is 15.3. The fourth-order valence-electron chi connectivity index (χ4n) is 2.57. The zero-order chi connectivity index (χ0) is 12.2. The highest BCUT2D eigenvalue weighted by molar-refractivity contribution is 5.32. The van der Waals surface area contributed by atoms with E-state index >= 15 is 0 Å². The molecule has 3 nitrogen and oxygen atoms in total. The van der Waals surface area contributed by atoms with Crippen LogP contribution in [0, 0.1) is 0 Å². The van der Waals surface area contributed by atoms with Crippen molar-refractivity contribution in [2.45, 2.75) is 25.8 Å². The maximum absolute atomic E-state index is 4.50. The average Bonchev–Trinajstić information content (AvgIpc) is 3.08. The summed E-state index contributed by atoms with van der Waals surface area (Å²) in [6.45, 7) is 3.32. The first kappa shape index (κ1) is 11.3. The van der Waals surface area contributed by atoms with E-state index in [1.807, 2.05) is 6.20 Å². The molecule has 1 aliphatic heterocycles. The Labute approximate surface area is 108 Å². The van der Waals surface area contributed by atoms with Gasteiger partial charge in [-0.05, 0) is 24.8 Å². The van der Waals surface area contributed by atoms with Crippen LogP contribution in [0.3, 0.4) is 0 Å². The molecule has 0 atom stereocenters. The van der Waals surface area contributed by atoms with Crippen LogP contribution in [-0.2, 0) is 13.0 Å². The number of imidazole rings is 1. The minimum atomic E-state index is 1.01. The van der Waals surface area contributed by atoms with Gasteiger partial charge in [-0.1, -0.05) is 30.3 Å². The average molecular weight is 241 g/mol. The van der Waals surface area contributed by atoms with E-state index in [1.165, 1.54) is 18.4 Å². The van der Waals surface area contributed by atoms with Crippen molar-refractivity contribution in [3.8, 4) is 0 Å². The third kappa shape index (κ3) is 2.40. The number of anilines is 1. The van der Waals surface area contributed by atoms with Gasteiger partial charge in [-0.25, -0.2) is 4.98 Å². The number of hydrogen-bond acceptors (Lipinski definition) is 2. The Bertz CT molecular complexity index is 483. The van der Waals surface area contributed by atoms with E-state index in [-0.39, 0.29) is 0 Å². The summed E-state index contributed by atoms with van der Waals surface area (Å²) >= 11 is 0. The molecule has 0 spiro atoms. The van der Waals surface area contributed by atoms with Crippen LogP contribution in [0.25, 0.3) is 0 Å². The lowest BCUT2D eigenvalue weighted by Gasteiger charge is -2.18. The molecule has 1 aromatic heterocycles. The van der Waals surface area contributed by atoms with Gasteiger partial charge < -0.3 is 9.47 Å². The number of hydrogen-bond donors (Lipinski definition) is 0. The van der Waals surface area contributed by atoms with Crippen LogP contribution in [-0.4, -0.2) is 22.6 Å². The molecule has 2 aromatic rings. The molecular formula is C15H19N3. The molecule has 0 N–H and O–H groups in total. The Morgan fingerprint density at radius 3 is 2.61 bits per heavy atom. The lowest BCUT2D eigenvalue weighted by atomic mass is 10.1. The van der Waals surface area contributed by atoms with Crippen LogP contribution in [0.4, 0.5) is 5.95 Å². The van der Waals surface area contributed by atoms with Gasteiger partial charge in [0.15, 0.2) is 0 Å². The molecule has 1 fully saturated rings. The van der Waals surface area contributed by atoms with Crippen molar-refractivity contribution >= 4 is 5.95 Å². The second-order valence-electron chi connectivity index (χ2n) is 4.85. The summed E-state index contributed by atoms with van der Waals surface area (Å²) in [7, 11) is 0. The van der Waals surface area contributed by atoms with E-state index < -0.39 is 0 Å². The zero-order valence-electron chi connectivity index (χ0n) is 10.6. The molecule has 0 saturated carbocycles. The number of aryl methyl sites for hydroxylation is 2. The van der Waals surface area contributed by atoms with Gasteiger partial charge in [0.25, 0.3) is 0 Å². The van der Waals surface area contributed by atoms with Crippen LogP contribution < -0.4 is 4.90 Å². The van der Waals surface area contributed by atoms with Gasteiger partial charge in [-0.15, -0.1) is 0 Å². The van der Waals surface area contributed by atoms with E-state index in [0.717, 1.165) is 32.0 Å². The number of nitrogens with zero attached hydrogens (tertiary/aromatic N) is 3. The van der Waals surface area contributed by atoms with Crippen LogP contribution in [0.15, 0.2) is 42.7 Å². The van der Waals surface area contributed by atoms with Gasteiger partial charge in [-0.3, -0.25) is 0 Å². The highest BCUT2D eigenvalue weighted by Crippen LogP contribution is 2.18. The maximum atomic E-state index is 4.50. The predicted molar refractivity (Wildman–Crippen MR) is 73.8 cm³/mol. The molecule has 1 aromatic carbocycles. The second-order valence-corrected chi connectivity index (χ2v) is 4.85. The van der Waals surface area contributed by atoms with E-state index in [0.29, 0.717) is 0 Å². The van der Waals surface area contributed by atoms with Gasteiger partial charge in [0, 0.05) is 32.0 Å². The van der Waals surface area contributed by atoms with Gasteiger partial charge in [-0.2, -0.15) is 0 Å². The molecule has 94 valence electrons. The largest absolute Gasteiger partial charge is 0.342 e. The van der Waals surface area contributed by atoms with Crippen molar-refractivity contribution in [1.29, 1.82) is 0 Å². The van der Waals surface area contributed by atoms with Crippen LogP contribution in [0.5, 0.6) is 0 Å². The molecule has 3 rings (SSSR count). The summed E-state index contributed by atoms with van der Waals surface area (Å²) in [5.41, 5.74) is 1.39. The third-order valence-corrected chi connectivity index (χ3v) is 3.57. The van der Waals surface area contributed by atoms with Crippen molar-refractivity contribution in [3.05, 3.63) is 48.3 Å². The van der Waals surface area contributed by atoms with Gasteiger partial charge in [0.05, 0.1) is 0 Å². The molecule has 1 aliphatic rings. The predicted octanol–water partition coefficient (Wildman–Crippen LogP) is 2.73. The minimum absolute atomic E-state index is 1.01.